The van der Waals surface area contributed by atoms with E-state index in [9.17, 15) is 4.79 Å². The van der Waals surface area contributed by atoms with Gasteiger partial charge in [-0.25, -0.2) is 0 Å². The minimum Gasteiger partial charge on any atom is -0.329 e. The highest BCUT2D eigenvalue weighted by Gasteiger charge is 2.23. The fraction of sp³-hybridized carbons (Fsp3) is 0.533. The van der Waals surface area contributed by atoms with Gasteiger partial charge in [-0.2, -0.15) is 0 Å². The van der Waals surface area contributed by atoms with Crippen molar-refractivity contribution in [2.24, 2.45) is 5.73 Å². The van der Waals surface area contributed by atoms with Crippen LogP contribution in [0.3, 0.4) is 0 Å². The number of carbonyl (C=O) groups excluding carboxylic acids is 1. The van der Waals surface area contributed by atoms with Gasteiger partial charge in [-0.15, -0.1) is 12.4 Å². The molecule has 1 amide bonds. The number of hydrogen-bond donors (Lipinski definition) is 2. The predicted octanol–water partition coefficient (Wildman–Crippen LogP) is 2.93. The zero-order chi connectivity index (χ0) is 14.5. The molecule has 4 nitrogen and oxygen atoms in total. The van der Waals surface area contributed by atoms with Crippen molar-refractivity contribution in [3.05, 3.63) is 28.2 Å². The monoisotopic (exact) mass is 375 g/mol. The van der Waals surface area contributed by atoms with Gasteiger partial charge in [0.15, 0.2) is 0 Å². The number of benzene rings is 1. The summed E-state index contributed by atoms with van der Waals surface area (Å²) in [6.45, 7) is 4.01. The Morgan fingerprint density at radius 2 is 2.24 bits per heavy atom. The van der Waals surface area contributed by atoms with Crippen LogP contribution in [0.2, 0.25) is 0 Å². The van der Waals surface area contributed by atoms with Crippen molar-refractivity contribution in [3.8, 4) is 0 Å². The molecule has 0 aromatic heterocycles. The summed E-state index contributed by atoms with van der Waals surface area (Å²) >= 11 is 3.42. The van der Waals surface area contributed by atoms with Crippen LogP contribution >= 0.6 is 28.3 Å². The van der Waals surface area contributed by atoms with Gasteiger partial charge in [-0.1, -0.05) is 22.4 Å². The Bertz CT molecular complexity index is 484. The van der Waals surface area contributed by atoms with Crippen LogP contribution in [0.25, 0.3) is 0 Å². The summed E-state index contributed by atoms with van der Waals surface area (Å²) in [7, 11) is 0. The summed E-state index contributed by atoms with van der Waals surface area (Å²) in [5.74, 6) is 0.0378. The molecule has 1 aromatic carbocycles. The van der Waals surface area contributed by atoms with E-state index in [1.807, 2.05) is 25.1 Å². The van der Waals surface area contributed by atoms with Gasteiger partial charge in [0.1, 0.15) is 0 Å². The first kappa shape index (κ1) is 18.4. The van der Waals surface area contributed by atoms with E-state index in [1.54, 1.807) is 0 Å². The van der Waals surface area contributed by atoms with Crippen LogP contribution in [0.5, 0.6) is 0 Å². The Kier molecular flexibility index (Phi) is 7.66. The SMILES string of the molecule is Cc1cc(Br)ccc1NC(=O)CN1CCCCC1CN.Cl. The number of hydrogen-bond acceptors (Lipinski definition) is 3. The maximum absolute atomic E-state index is 12.2. The first-order chi connectivity index (χ1) is 9.60. The second-order valence-electron chi connectivity index (χ2n) is 5.36. The fourth-order valence-corrected chi connectivity index (χ4v) is 3.15. The van der Waals surface area contributed by atoms with Crippen LogP contribution in [-0.2, 0) is 4.79 Å². The molecule has 0 saturated carbocycles. The highest BCUT2D eigenvalue weighted by molar-refractivity contribution is 9.10. The second-order valence-corrected chi connectivity index (χ2v) is 6.28. The Morgan fingerprint density at radius 1 is 1.48 bits per heavy atom. The molecule has 1 atom stereocenters. The molecule has 1 aromatic rings. The number of halogens is 2. The zero-order valence-corrected chi connectivity index (χ0v) is 14.7. The molecule has 1 fully saturated rings. The van der Waals surface area contributed by atoms with E-state index in [-0.39, 0.29) is 18.3 Å². The Hall–Kier alpha value is -0.620. The van der Waals surface area contributed by atoms with Crippen molar-refractivity contribution in [2.75, 3.05) is 25.0 Å². The van der Waals surface area contributed by atoms with E-state index in [0.29, 0.717) is 19.1 Å². The summed E-state index contributed by atoms with van der Waals surface area (Å²) in [5.41, 5.74) is 7.72. The number of rotatable bonds is 4. The van der Waals surface area contributed by atoms with Crippen LogP contribution < -0.4 is 11.1 Å². The van der Waals surface area contributed by atoms with Gasteiger partial charge in [-0.3, -0.25) is 9.69 Å². The summed E-state index contributed by atoms with van der Waals surface area (Å²) in [5, 5.41) is 2.99. The predicted molar refractivity (Wildman–Crippen MR) is 93.0 cm³/mol. The molecule has 2 rings (SSSR count). The van der Waals surface area contributed by atoms with Gasteiger partial charge >= 0.3 is 0 Å². The third kappa shape index (κ3) is 5.25. The largest absolute Gasteiger partial charge is 0.329 e. The lowest BCUT2D eigenvalue weighted by atomic mass is 10.0. The molecular formula is C15H23BrClN3O. The Morgan fingerprint density at radius 3 is 2.90 bits per heavy atom. The summed E-state index contributed by atoms with van der Waals surface area (Å²) in [6, 6.07) is 6.21. The Balaban J connectivity index is 0.00000220. The third-order valence-corrected chi connectivity index (χ3v) is 4.32. The lowest BCUT2D eigenvalue weighted by Gasteiger charge is -2.34. The molecule has 1 saturated heterocycles. The van der Waals surface area contributed by atoms with Crippen LogP contribution in [-0.4, -0.2) is 36.5 Å². The number of nitrogens with one attached hydrogen (secondary N) is 1. The molecule has 1 aliphatic heterocycles. The summed E-state index contributed by atoms with van der Waals surface area (Å²) in [6.07, 6.45) is 3.47. The van der Waals surface area contributed by atoms with Crippen LogP contribution in [0.4, 0.5) is 5.69 Å². The van der Waals surface area contributed by atoms with Crippen molar-refractivity contribution in [3.63, 3.8) is 0 Å². The van der Waals surface area contributed by atoms with Gasteiger partial charge in [0.2, 0.25) is 5.91 Å². The highest BCUT2D eigenvalue weighted by atomic mass is 79.9. The average molecular weight is 377 g/mol. The number of anilines is 1. The van der Waals surface area contributed by atoms with Crippen LogP contribution in [0.15, 0.2) is 22.7 Å². The van der Waals surface area contributed by atoms with E-state index in [2.05, 4.69) is 26.1 Å². The van der Waals surface area contributed by atoms with Crippen LogP contribution in [0, 0.1) is 6.92 Å². The summed E-state index contributed by atoms with van der Waals surface area (Å²) in [4.78, 5) is 14.4. The summed E-state index contributed by atoms with van der Waals surface area (Å²) < 4.78 is 1.02. The van der Waals surface area contributed by atoms with Gasteiger partial charge < -0.3 is 11.1 Å². The lowest BCUT2D eigenvalue weighted by Crippen LogP contribution is -2.47. The lowest BCUT2D eigenvalue weighted by molar-refractivity contribution is -0.118. The number of piperidine rings is 1. The van der Waals surface area contributed by atoms with E-state index in [0.717, 1.165) is 35.1 Å². The Labute approximate surface area is 141 Å². The van der Waals surface area contributed by atoms with Crippen molar-refractivity contribution < 1.29 is 4.79 Å². The van der Waals surface area contributed by atoms with Gasteiger partial charge in [0.05, 0.1) is 6.54 Å². The first-order valence-corrected chi connectivity index (χ1v) is 7.89. The van der Waals surface area contributed by atoms with E-state index in [1.165, 1.54) is 6.42 Å². The van der Waals surface area contributed by atoms with Crippen LogP contribution in [0.1, 0.15) is 24.8 Å². The first-order valence-electron chi connectivity index (χ1n) is 7.10. The molecule has 0 radical (unpaired) electrons. The number of nitrogens with zero attached hydrogens (tertiary/aromatic N) is 1. The quantitative estimate of drug-likeness (QED) is 0.849. The molecule has 3 N–H and O–H groups in total. The van der Waals surface area contributed by atoms with Gasteiger partial charge in [0, 0.05) is 22.7 Å². The van der Waals surface area contributed by atoms with Crippen molar-refractivity contribution in [2.45, 2.75) is 32.2 Å². The maximum atomic E-state index is 12.2. The van der Waals surface area contributed by atoms with Crippen molar-refractivity contribution >= 4 is 39.9 Å². The topological polar surface area (TPSA) is 58.4 Å². The number of likely N-dealkylation sites (tertiary alicyclic amines) is 1. The molecule has 0 aliphatic carbocycles. The standard InChI is InChI=1S/C15H22BrN3O.ClH/c1-11-8-12(16)5-6-14(11)18-15(20)10-19-7-3-2-4-13(19)9-17;/h5-6,8,13H,2-4,7,9-10,17H2,1H3,(H,18,20);1H. The number of carbonyl (C=O) groups is 1. The maximum Gasteiger partial charge on any atom is 0.238 e. The second kappa shape index (κ2) is 8.73. The molecule has 1 heterocycles. The third-order valence-electron chi connectivity index (χ3n) is 3.83. The molecule has 6 heteroatoms. The average Bonchev–Trinajstić information content (AvgIpc) is 2.42. The number of aryl methyl sites for hydroxylation is 1. The van der Waals surface area contributed by atoms with Gasteiger partial charge in [-0.05, 0) is 50.1 Å². The van der Waals surface area contributed by atoms with Crippen molar-refractivity contribution in [1.82, 2.24) is 4.90 Å². The molecule has 118 valence electrons. The highest BCUT2D eigenvalue weighted by Crippen LogP contribution is 2.20. The molecule has 1 aliphatic rings. The van der Waals surface area contributed by atoms with E-state index in [4.69, 9.17) is 5.73 Å². The minimum atomic E-state index is 0. The molecule has 21 heavy (non-hydrogen) atoms. The van der Waals surface area contributed by atoms with E-state index >= 15 is 0 Å². The van der Waals surface area contributed by atoms with Gasteiger partial charge in [0.25, 0.3) is 0 Å². The zero-order valence-electron chi connectivity index (χ0n) is 12.3. The smallest absolute Gasteiger partial charge is 0.238 e. The molecular weight excluding hydrogens is 354 g/mol. The molecule has 1 unspecified atom stereocenters. The van der Waals surface area contributed by atoms with Crippen molar-refractivity contribution in [1.29, 1.82) is 0 Å². The fourth-order valence-electron chi connectivity index (χ4n) is 2.68. The normalized spacial score (nSPS) is 18.9. The molecule has 0 bridgehead atoms. The number of amides is 1. The molecule has 0 spiro atoms. The van der Waals surface area contributed by atoms with E-state index < -0.39 is 0 Å². The number of nitrogens with two attached hydrogens (primary N) is 1. The minimum absolute atomic E-state index is 0.